The van der Waals surface area contributed by atoms with Crippen LogP contribution in [0.15, 0.2) is 48.5 Å². The first kappa shape index (κ1) is 26.7. The zero-order chi connectivity index (χ0) is 24.9. The minimum Gasteiger partial charge on any atom is -0.508 e. The topological polar surface area (TPSA) is 134 Å². The van der Waals surface area contributed by atoms with Gasteiger partial charge in [0.05, 0.1) is 26.7 Å². The fraction of sp³-hybridized carbons (Fsp3) is 0.400. The number of ether oxygens (including phenoxy) is 2. The molecule has 34 heavy (non-hydrogen) atoms. The number of aryl methyl sites for hydroxylation is 2. The Bertz CT molecular complexity index is 950. The lowest BCUT2D eigenvalue weighted by molar-refractivity contribution is -0.145. The van der Waals surface area contributed by atoms with Crippen molar-refractivity contribution in [3.63, 3.8) is 0 Å². The third kappa shape index (κ3) is 8.74. The molecule has 2 aromatic carbocycles. The van der Waals surface area contributed by atoms with Crippen molar-refractivity contribution in [2.75, 3.05) is 20.8 Å². The smallest absolute Gasteiger partial charge is 0.328 e. The number of methoxy groups -OCH3 is 2. The summed E-state index contributed by atoms with van der Waals surface area (Å²) < 4.78 is 9.88. The quantitative estimate of drug-likeness (QED) is 0.242. The number of carboxylic acid groups (broad SMARTS) is 1. The lowest BCUT2D eigenvalue weighted by Crippen LogP contribution is -2.51. The van der Waals surface area contributed by atoms with E-state index in [9.17, 15) is 24.6 Å². The molecule has 0 heterocycles. The third-order valence-corrected chi connectivity index (χ3v) is 5.37. The summed E-state index contributed by atoms with van der Waals surface area (Å²) in [5, 5.41) is 24.9. The van der Waals surface area contributed by atoms with Gasteiger partial charge in [-0.15, -0.1) is 0 Å². The number of nitrogens with one attached hydrogen (secondary N) is 2. The van der Waals surface area contributed by atoms with Crippen molar-refractivity contribution in [3.8, 4) is 11.5 Å². The van der Waals surface area contributed by atoms with E-state index in [1.54, 1.807) is 12.1 Å². The molecule has 0 saturated heterocycles. The number of phenolic OH excluding ortho intramolecular Hbond substituents is 1. The van der Waals surface area contributed by atoms with Crippen molar-refractivity contribution in [1.82, 2.24) is 10.6 Å². The van der Waals surface area contributed by atoms with Gasteiger partial charge in [-0.2, -0.15) is 0 Å². The number of carboxylic acids is 1. The largest absolute Gasteiger partial charge is 0.508 e. The number of esters is 1. The Kier molecular flexibility index (Phi) is 10.9. The number of benzene rings is 2. The average molecular weight is 473 g/mol. The van der Waals surface area contributed by atoms with E-state index in [-0.39, 0.29) is 5.75 Å². The number of hydrogen-bond acceptors (Lipinski definition) is 7. The van der Waals surface area contributed by atoms with Crippen molar-refractivity contribution in [2.45, 2.75) is 44.2 Å². The van der Waals surface area contributed by atoms with Crippen LogP contribution >= 0.6 is 0 Å². The Hall–Kier alpha value is -3.59. The van der Waals surface area contributed by atoms with E-state index in [1.165, 1.54) is 20.3 Å². The SMILES string of the molecule is COC(=O)C(CCc1ccccc1)NC(=O)C(CC(=O)O)NCCCc1ccc(OC)cc1O. The molecular formula is C25H32N2O7. The number of aromatic hydroxyl groups is 1. The highest BCUT2D eigenvalue weighted by atomic mass is 16.5. The Morgan fingerprint density at radius 1 is 1.00 bits per heavy atom. The molecule has 0 bridgehead atoms. The summed E-state index contributed by atoms with van der Waals surface area (Å²) in [7, 11) is 2.75. The minimum atomic E-state index is -1.14. The van der Waals surface area contributed by atoms with E-state index >= 15 is 0 Å². The molecular weight excluding hydrogens is 440 g/mol. The van der Waals surface area contributed by atoms with Crippen LogP contribution in [0.2, 0.25) is 0 Å². The molecule has 0 aliphatic heterocycles. The van der Waals surface area contributed by atoms with E-state index in [1.807, 2.05) is 30.3 Å². The first-order chi connectivity index (χ1) is 16.3. The molecule has 0 aliphatic carbocycles. The van der Waals surface area contributed by atoms with Crippen molar-refractivity contribution >= 4 is 17.8 Å². The molecule has 0 spiro atoms. The van der Waals surface area contributed by atoms with Gasteiger partial charge in [-0.1, -0.05) is 36.4 Å². The lowest BCUT2D eigenvalue weighted by atomic mass is 10.0. The third-order valence-electron chi connectivity index (χ3n) is 5.37. The fourth-order valence-corrected chi connectivity index (χ4v) is 3.49. The molecule has 2 unspecified atom stereocenters. The van der Waals surface area contributed by atoms with Crippen LogP contribution in [0.3, 0.4) is 0 Å². The average Bonchev–Trinajstić information content (AvgIpc) is 2.84. The molecule has 9 nitrogen and oxygen atoms in total. The fourth-order valence-electron chi connectivity index (χ4n) is 3.49. The maximum absolute atomic E-state index is 12.8. The molecule has 0 fully saturated rings. The zero-order valence-corrected chi connectivity index (χ0v) is 19.5. The van der Waals surface area contributed by atoms with Gasteiger partial charge < -0.3 is 30.3 Å². The highest BCUT2D eigenvalue weighted by Gasteiger charge is 2.27. The Morgan fingerprint density at radius 3 is 2.35 bits per heavy atom. The molecule has 1 amide bonds. The Morgan fingerprint density at radius 2 is 1.74 bits per heavy atom. The van der Waals surface area contributed by atoms with Crippen LogP contribution in [0.5, 0.6) is 11.5 Å². The van der Waals surface area contributed by atoms with E-state index in [0.29, 0.717) is 43.5 Å². The van der Waals surface area contributed by atoms with Crippen LogP contribution in [-0.4, -0.2) is 60.9 Å². The van der Waals surface area contributed by atoms with E-state index < -0.39 is 36.4 Å². The summed E-state index contributed by atoms with van der Waals surface area (Å²) in [5.74, 6) is -1.66. The van der Waals surface area contributed by atoms with Crippen molar-refractivity contribution in [2.24, 2.45) is 0 Å². The highest BCUT2D eigenvalue weighted by Crippen LogP contribution is 2.24. The van der Waals surface area contributed by atoms with Gasteiger partial charge in [0, 0.05) is 6.07 Å². The predicted octanol–water partition coefficient (Wildman–Crippen LogP) is 2.06. The summed E-state index contributed by atoms with van der Waals surface area (Å²) in [4.78, 5) is 36.3. The second-order valence-electron chi connectivity index (χ2n) is 7.81. The molecule has 9 heteroatoms. The van der Waals surface area contributed by atoms with E-state index in [4.69, 9.17) is 9.47 Å². The van der Waals surface area contributed by atoms with Gasteiger partial charge in [0.25, 0.3) is 0 Å². The van der Waals surface area contributed by atoms with Gasteiger partial charge in [-0.05, 0) is 49.4 Å². The van der Waals surface area contributed by atoms with Crippen LogP contribution in [-0.2, 0) is 32.0 Å². The van der Waals surface area contributed by atoms with Crippen LogP contribution in [0.4, 0.5) is 0 Å². The normalized spacial score (nSPS) is 12.4. The van der Waals surface area contributed by atoms with E-state index in [2.05, 4.69) is 10.6 Å². The first-order valence-electron chi connectivity index (χ1n) is 11.1. The van der Waals surface area contributed by atoms with Gasteiger partial charge in [0.1, 0.15) is 17.5 Å². The number of aliphatic carboxylic acids is 1. The monoisotopic (exact) mass is 472 g/mol. The van der Waals surface area contributed by atoms with Gasteiger partial charge in [-0.25, -0.2) is 4.79 Å². The highest BCUT2D eigenvalue weighted by molar-refractivity contribution is 5.90. The van der Waals surface area contributed by atoms with Crippen molar-refractivity contribution in [1.29, 1.82) is 0 Å². The number of phenols is 1. The van der Waals surface area contributed by atoms with Crippen LogP contribution < -0.4 is 15.4 Å². The molecule has 0 aliphatic rings. The Balaban J connectivity index is 1.93. The van der Waals surface area contributed by atoms with Gasteiger partial charge in [-0.3, -0.25) is 9.59 Å². The number of hydrogen-bond donors (Lipinski definition) is 4. The standard InChI is InChI=1S/C25H32N2O7/c1-33-19-12-11-18(22(28)15-19)9-6-14-26-21(16-23(29)30)24(31)27-20(25(32)34-2)13-10-17-7-4-3-5-8-17/h3-5,7-8,11-12,15,20-21,26,28H,6,9-10,13-14,16H2,1-2H3,(H,27,31)(H,29,30). The second-order valence-corrected chi connectivity index (χ2v) is 7.81. The molecule has 2 aromatic rings. The number of carbonyl (C=O) groups excluding carboxylic acids is 2. The molecule has 2 atom stereocenters. The first-order valence-corrected chi connectivity index (χ1v) is 11.1. The van der Waals surface area contributed by atoms with Crippen LogP contribution in [0, 0.1) is 0 Å². The number of carbonyl (C=O) groups is 3. The maximum atomic E-state index is 12.8. The van der Waals surface area contributed by atoms with Crippen molar-refractivity contribution < 1.29 is 34.1 Å². The van der Waals surface area contributed by atoms with Crippen LogP contribution in [0.25, 0.3) is 0 Å². The lowest BCUT2D eigenvalue weighted by Gasteiger charge is -2.21. The molecule has 4 N–H and O–H groups in total. The second kappa shape index (κ2) is 13.8. The van der Waals surface area contributed by atoms with Gasteiger partial charge in [0.2, 0.25) is 5.91 Å². The minimum absolute atomic E-state index is 0.110. The van der Waals surface area contributed by atoms with E-state index in [0.717, 1.165) is 5.56 Å². The summed E-state index contributed by atoms with van der Waals surface area (Å²) in [6.07, 6.45) is 1.50. The number of rotatable bonds is 14. The van der Waals surface area contributed by atoms with Crippen molar-refractivity contribution in [3.05, 3.63) is 59.7 Å². The molecule has 0 saturated carbocycles. The molecule has 0 aromatic heterocycles. The summed E-state index contributed by atoms with van der Waals surface area (Å²) in [6.45, 7) is 0.337. The zero-order valence-electron chi connectivity index (χ0n) is 19.5. The number of amides is 1. The predicted molar refractivity (Wildman–Crippen MR) is 126 cm³/mol. The summed E-state index contributed by atoms with van der Waals surface area (Å²) in [5.41, 5.74) is 1.72. The maximum Gasteiger partial charge on any atom is 0.328 e. The summed E-state index contributed by atoms with van der Waals surface area (Å²) >= 11 is 0. The molecule has 184 valence electrons. The van der Waals surface area contributed by atoms with Gasteiger partial charge >= 0.3 is 11.9 Å². The van der Waals surface area contributed by atoms with Crippen LogP contribution in [0.1, 0.15) is 30.4 Å². The summed E-state index contributed by atoms with van der Waals surface area (Å²) in [6, 6.07) is 12.6. The van der Waals surface area contributed by atoms with Gasteiger partial charge in [0.15, 0.2) is 0 Å². The molecule has 0 radical (unpaired) electrons. The molecule has 2 rings (SSSR count). The Labute approximate surface area is 199 Å².